The van der Waals surface area contributed by atoms with Crippen LogP contribution in [-0.2, 0) is 6.54 Å². The molecule has 5 heteroatoms. The Morgan fingerprint density at radius 2 is 1.55 bits per heavy atom. The van der Waals surface area contributed by atoms with E-state index < -0.39 is 0 Å². The van der Waals surface area contributed by atoms with Crippen LogP contribution in [0.2, 0.25) is 0 Å². The minimum Gasteiger partial charge on any atom is -0.311 e. The van der Waals surface area contributed by atoms with Crippen molar-refractivity contribution in [1.29, 1.82) is 0 Å². The van der Waals surface area contributed by atoms with Gasteiger partial charge in [-0.1, -0.05) is 57.2 Å². The predicted molar refractivity (Wildman–Crippen MR) is 102 cm³/mol. The second kappa shape index (κ2) is 8.85. The Bertz CT molecular complexity index is 644. The molecule has 0 saturated carbocycles. The third-order valence-corrected chi connectivity index (χ3v) is 5.28. The predicted octanol–water partition coefficient (Wildman–Crippen LogP) is 5.95. The third-order valence-electron chi connectivity index (χ3n) is 3.84. The second-order valence-corrected chi connectivity index (χ2v) is 6.73. The highest BCUT2D eigenvalue weighted by Crippen LogP contribution is 2.26. The number of thiol groups is 2. The van der Waals surface area contributed by atoms with E-state index in [4.69, 9.17) is 12.2 Å². The minimum absolute atomic E-state index is 0.773. The van der Waals surface area contributed by atoms with Gasteiger partial charge < -0.3 is 4.57 Å². The molecule has 0 radical (unpaired) electrons. The summed E-state index contributed by atoms with van der Waals surface area (Å²) < 4.78 is 4.85. The van der Waals surface area contributed by atoms with Gasteiger partial charge in [0.25, 0.3) is 0 Å². The molecule has 1 heterocycles. The molecular formula is C17H24N2S3. The van der Waals surface area contributed by atoms with E-state index in [2.05, 4.69) is 36.7 Å². The third kappa shape index (κ3) is 4.21. The molecule has 120 valence electrons. The lowest BCUT2D eigenvalue weighted by molar-refractivity contribution is 0.535. The fourth-order valence-corrected chi connectivity index (χ4v) is 3.72. The first kappa shape index (κ1) is 17.7. The fourth-order valence-electron chi connectivity index (χ4n) is 2.58. The number of aromatic nitrogens is 2. The monoisotopic (exact) mass is 352 g/mol. The summed E-state index contributed by atoms with van der Waals surface area (Å²) in [5, 5.41) is 1.66. The molecule has 0 spiro atoms. The van der Waals surface area contributed by atoms with Crippen molar-refractivity contribution in [3.05, 3.63) is 35.1 Å². The number of nitrogens with zero attached hydrogens (tertiary/aromatic N) is 2. The number of benzene rings is 1. The number of hydrogen-bond acceptors (Lipinski definition) is 3. The molecule has 2 rings (SSSR count). The molecule has 2 aromatic rings. The number of para-hydroxylation sites is 1. The van der Waals surface area contributed by atoms with E-state index in [1.165, 1.54) is 32.1 Å². The molecule has 0 fully saturated rings. The van der Waals surface area contributed by atoms with Crippen LogP contribution in [0.25, 0.3) is 5.69 Å². The number of imidazole rings is 1. The van der Waals surface area contributed by atoms with Gasteiger partial charge in [-0.3, -0.25) is 4.57 Å². The van der Waals surface area contributed by atoms with Crippen molar-refractivity contribution in [3.63, 3.8) is 0 Å². The lowest BCUT2D eigenvalue weighted by Crippen LogP contribution is -2.01. The van der Waals surface area contributed by atoms with Crippen molar-refractivity contribution in [2.24, 2.45) is 0 Å². The zero-order chi connectivity index (χ0) is 15.9. The van der Waals surface area contributed by atoms with Crippen LogP contribution in [0.3, 0.4) is 0 Å². The second-order valence-electron chi connectivity index (χ2n) is 5.52. The normalized spacial score (nSPS) is 11.0. The zero-order valence-corrected chi connectivity index (χ0v) is 15.6. The van der Waals surface area contributed by atoms with Gasteiger partial charge in [-0.25, -0.2) is 0 Å². The quantitative estimate of drug-likeness (QED) is 0.339. The molecule has 0 atom stereocenters. The molecule has 2 nitrogen and oxygen atoms in total. The largest absolute Gasteiger partial charge is 0.311 e. The van der Waals surface area contributed by atoms with Gasteiger partial charge in [0.2, 0.25) is 0 Å². The van der Waals surface area contributed by atoms with Crippen LogP contribution < -0.4 is 0 Å². The molecule has 1 aromatic carbocycles. The Morgan fingerprint density at radius 3 is 2.23 bits per heavy atom. The van der Waals surface area contributed by atoms with E-state index in [9.17, 15) is 0 Å². The van der Waals surface area contributed by atoms with Crippen LogP contribution in [0.5, 0.6) is 0 Å². The van der Waals surface area contributed by atoms with E-state index in [0.29, 0.717) is 0 Å². The van der Waals surface area contributed by atoms with Gasteiger partial charge in [-0.2, -0.15) is 0 Å². The lowest BCUT2D eigenvalue weighted by atomic mass is 10.1. The summed E-state index contributed by atoms with van der Waals surface area (Å²) >= 11 is 14.8. The molecule has 0 aliphatic heterocycles. The maximum atomic E-state index is 5.63. The van der Waals surface area contributed by atoms with Crippen LogP contribution in [0, 0.1) is 4.77 Å². The average molecular weight is 353 g/mol. The van der Waals surface area contributed by atoms with E-state index in [-0.39, 0.29) is 0 Å². The van der Waals surface area contributed by atoms with Crippen molar-refractivity contribution >= 4 is 37.5 Å². The molecule has 0 aliphatic carbocycles. The summed E-state index contributed by atoms with van der Waals surface area (Å²) in [5.41, 5.74) is 1.04. The van der Waals surface area contributed by atoms with Gasteiger partial charge in [-0.15, -0.1) is 25.3 Å². The average Bonchev–Trinajstić information content (AvgIpc) is 2.74. The van der Waals surface area contributed by atoms with Crippen molar-refractivity contribution in [3.8, 4) is 5.69 Å². The summed E-state index contributed by atoms with van der Waals surface area (Å²) in [6.45, 7) is 3.16. The highest BCUT2D eigenvalue weighted by atomic mass is 32.1. The first-order valence-electron chi connectivity index (χ1n) is 7.95. The van der Waals surface area contributed by atoms with Crippen LogP contribution in [0.1, 0.15) is 45.4 Å². The molecule has 1 aromatic heterocycles. The smallest absolute Gasteiger partial charge is 0.186 e. The maximum Gasteiger partial charge on any atom is 0.186 e. The molecule has 0 unspecified atom stereocenters. The van der Waals surface area contributed by atoms with Crippen LogP contribution in [0.15, 0.2) is 40.4 Å². The Kier molecular flexibility index (Phi) is 7.12. The summed E-state index contributed by atoms with van der Waals surface area (Å²) in [7, 11) is 0. The number of hydrogen-bond donors (Lipinski definition) is 2. The van der Waals surface area contributed by atoms with Gasteiger partial charge in [0, 0.05) is 12.2 Å². The zero-order valence-electron chi connectivity index (χ0n) is 13.0. The maximum absolute atomic E-state index is 5.63. The lowest BCUT2D eigenvalue weighted by Gasteiger charge is -2.05. The van der Waals surface area contributed by atoms with E-state index in [1.807, 2.05) is 34.9 Å². The number of rotatable bonds is 8. The fraction of sp³-hybridized carbons (Fsp3) is 0.471. The first-order valence-corrected chi connectivity index (χ1v) is 9.26. The summed E-state index contributed by atoms with van der Waals surface area (Å²) in [4.78, 5) is 0. The summed E-state index contributed by atoms with van der Waals surface area (Å²) in [6, 6.07) is 10.1. The van der Waals surface area contributed by atoms with Crippen molar-refractivity contribution in [2.45, 2.75) is 62.0 Å². The highest BCUT2D eigenvalue weighted by molar-refractivity contribution is 7.83. The van der Waals surface area contributed by atoms with Gasteiger partial charge in [0.1, 0.15) is 10.1 Å². The Labute approximate surface area is 149 Å². The Morgan fingerprint density at radius 1 is 0.909 bits per heavy atom. The summed E-state index contributed by atoms with van der Waals surface area (Å²) in [6.07, 6.45) is 7.64. The SMILES string of the molecule is CCCCCCCCn1c(S)c(S)n(-c2ccccc2)c1=S. The van der Waals surface area contributed by atoms with Crippen LogP contribution in [-0.4, -0.2) is 9.13 Å². The van der Waals surface area contributed by atoms with Crippen molar-refractivity contribution in [1.82, 2.24) is 9.13 Å². The number of unbranched alkanes of at least 4 members (excludes halogenated alkanes) is 5. The highest BCUT2D eigenvalue weighted by Gasteiger charge is 2.13. The van der Waals surface area contributed by atoms with Crippen LogP contribution >= 0.6 is 37.5 Å². The van der Waals surface area contributed by atoms with E-state index >= 15 is 0 Å². The van der Waals surface area contributed by atoms with Gasteiger partial charge in [-0.05, 0) is 30.8 Å². The molecule has 0 saturated heterocycles. The molecule has 0 N–H and O–H groups in total. The topological polar surface area (TPSA) is 9.86 Å². The molecular weight excluding hydrogens is 328 g/mol. The molecule has 0 aliphatic rings. The Balaban J connectivity index is 2.09. The molecule has 22 heavy (non-hydrogen) atoms. The van der Waals surface area contributed by atoms with Crippen molar-refractivity contribution < 1.29 is 0 Å². The van der Waals surface area contributed by atoms with Gasteiger partial charge >= 0.3 is 0 Å². The minimum atomic E-state index is 0.773. The summed E-state index contributed by atoms with van der Waals surface area (Å²) in [5.74, 6) is 0. The first-order chi connectivity index (χ1) is 10.7. The standard InChI is InChI=1S/C17H24N2S3/c1-2-3-4-5-6-10-13-18-15(20)16(21)19(17(18)22)14-11-8-7-9-12-14/h7-9,11-12,20-21H,2-6,10,13H2,1H3. The molecule has 0 bridgehead atoms. The van der Waals surface area contributed by atoms with Gasteiger partial charge in [0.05, 0.1) is 0 Å². The van der Waals surface area contributed by atoms with Crippen LogP contribution in [0.4, 0.5) is 0 Å². The Hall–Kier alpha value is -0.650. The van der Waals surface area contributed by atoms with Gasteiger partial charge in [0.15, 0.2) is 4.77 Å². The van der Waals surface area contributed by atoms with Crippen molar-refractivity contribution in [2.75, 3.05) is 0 Å². The van der Waals surface area contributed by atoms with E-state index in [1.54, 1.807) is 0 Å². The van der Waals surface area contributed by atoms with E-state index in [0.717, 1.165) is 33.5 Å². The molecule has 0 amide bonds.